The average Bonchev–Trinajstić information content (AvgIpc) is 3.19. The summed E-state index contributed by atoms with van der Waals surface area (Å²) in [6.07, 6.45) is 1.70. The summed E-state index contributed by atoms with van der Waals surface area (Å²) in [7, 11) is 7.10. The van der Waals surface area contributed by atoms with E-state index >= 15 is 0 Å². The predicted octanol–water partition coefficient (Wildman–Crippen LogP) is 2.92. The number of amides is 1. The van der Waals surface area contributed by atoms with Crippen LogP contribution in [0.15, 0.2) is 60.8 Å². The van der Waals surface area contributed by atoms with Gasteiger partial charge in [0.25, 0.3) is 5.91 Å². The molecule has 0 radical (unpaired) electrons. The molecule has 29 heavy (non-hydrogen) atoms. The van der Waals surface area contributed by atoms with Crippen molar-refractivity contribution in [2.24, 2.45) is 0 Å². The number of likely N-dealkylation sites (N-methyl/N-ethyl adjacent to an activating group) is 1. The standard InChI is InChI=1S/C22H26N4O3/c1-25(2)18(17-12-8-9-13-19(17)28-3)14-23-22(27)21-20(29-4)15-26(24-21)16-10-6-5-7-11-16/h5-13,15,18H,14H2,1-4H3,(H,23,27). The van der Waals surface area contributed by atoms with E-state index in [0.717, 1.165) is 17.0 Å². The quantitative estimate of drug-likeness (QED) is 0.636. The lowest BCUT2D eigenvalue weighted by Crippen LogP contribution is -2.35. The Morgan fingerprint density at radius 3 is 2.34 bits per heavy atom. The molecular weight excluding hydrogens is 368 g/mol. The summed E-state index contributed by atoms with van der Waals surface area (Å²) in [5.41, 5.74) is 2.10. The monoisotopic (exact) mass is 394 g/mol. The van der Waals surface area contributed by atoms with Gasteiger partial charge in [0, 0.05) is 12.1 Å². The second-order valence-electron chi connectivity index (χ2n) is 6.76. The molecule has 0 aliphatic heterocycles. The highest BCUT2D eigenvalue weighted by Crippen LogP contribution is 2.27. The molecule has 1 amide bonds. The van der Waals surface area contributed by atoms with Gasteiger partial charge in [-0.25, -0.2) is 4.68 Å². The first-order valence-electron chi connectivity index (χ1n) is 9.31. The van der Waals surface area contributed by atoms with E-state index < -0.39 is 0 Å². The molecule has 7 nitrogen and oxygen atoms in total. The molecule has 0 saturated carbocycles. The van der Waals surface area contributed by atoms with Crippen LogP contribution in [0.25, 0.3) is 5.69 Å². The average molecular weight is 394 g/mol. The number of methoxy groups -OCH3 is 2. The van der Waals surface area contributed by atoms with E-state index in [9.17, 15) is 4.79 Å². The van der Waals surface area contributed by atoms with Gasteiger partial charge in [-0.15, -0.1) is 0 Å². The first kappa shape index (κ1) is 20.4. The van der Waals surface area contributed by atoms with E-state index in [0.29, 0.717) is 12.3 Å². The molecule has 0 fully saturated rings. The zero-order valence-corrected chi connectivity index (χ0v) is 17.1. The van der Waals surface area contributed by atoms with Crippen LogP contribution >= 0.6 is 0 Å². The molecule has 152 valence electrons. The highest BCUT2D eigenvalue weighted by atomic mass is 16.5. The van der Waals surface area contributed by atoms with Crippen molar-refractivity contribution in [3.05, 3.63) is 72.1 Å². The number of aromatic nitrogens is 2. The van der Waals surface area contributed by atoms with Gasteiger partial charge in [0.05, 0.1) is 32.1 Å². The molecule has 1 atom stereocenters. The Hall–Kier alpha value is -3.32. The normalized spacial score (nSPS) is 11.9. The smallest absolute Gasteiger partial charge is 0.275 e. The zero-order chi connectivity index (χ0) is 20.8. The van der Waals surface area contributed by atoms with Crippen molar-refractivity contribution in [3.63, 3.8) is 0 Å². The van der Waals surface area contributed by atoms with Crippen LogP contribution in [0.4, 0.5) is 0 Å². The van der Waals surface area contributed by atoms with Crippen molar-refractivity contribution >= 4 is 5.91 Å². The van der Waals surface area contributed by atoms with Crippen molar-refractivity contribution in [1.29, 1.82) is 0 Å². The summed E-state index contributed by atoms with van der Waals surface area (Å²) in [6.45, 7) is 0.396. The first-order chi connectivity index (χ1) is 14.0. The van der Waals surface area contributed by atoms with Crippen LogP contribution in [-0.4, -0.2) is 55.4 Å². The molecule has 1 heterocycles. The van der Waals surface area contributed by atoms with E-state index in [1.165, 1.54) is 7.11 Å². The Morgan fingerprint density at radius 1 is 1.03 bits per heavy atom. The summed E-state index contributed by atoms with van der Waals surface area (Å²) in [4.78, 5) is 14.9. The molecule has 1 aromatic heterocycles. The van der Waals surface area contributed by atoms with Crippen molar-refractivity contribution in [2.45, 2.75) is 6.04 Å². The van der Waals surface area contributed by atoms with E-state index in [-0.39, 0.29) is 17.6 Å². The maximum atomic E-state index is 12.9. The third-order valence-electron chi connectivity index (χ3n) is 4.71. The molecule has 1 unspecified atom stereocenters. The summed E-state index contributed by atoms with van der Waals surface area (Å²) < 4.78 is 12.5. The van der Waals surface area contributed by atoms with Crippen LogP contribution in [0.5, 0.6) is 11.5 Å². The largest absolute Gasteiger partial charge is 0.496 e. The number of ether oxygens (including phenoxy) is 2. The Labute approximate surface area is 170 Å². The third kappa shape index (κ3) is 4.57. The lowest BCUT2D eigenvalue weighted by atomic mass is 10.0. The molecule has 0 aliphatic rings. The number of hydrogen-bond donors (Lipinski definition) is 1. The number of carbonyl (C=O) groups excluding carboxylic acids is 1. The van der Waals surface area contributed by atoms with E-state index in [1.54, 1.807) is 18.0 Å². The number of para-hydroxylation sites is 2. The van der Waals surface area contributed by atoms with Gasteiger partial charge in [-0.05, 0) is 32.3 Å². The Kier molecular flexibility index (Phi) is 6.51. The Morgan fingerprint density at radius 2 is 1.69 bits per heavy atom. The van der Waals surface area contributed by atoms with Gasteiger partial charge in [-0.2, -0.15) is 5.10 Å². The lowest BCUT2D eigenvalue weighted by molar-refractivity contribution is 0.0933. The summed E-state index contributed by atoms with van der Waals surface area (Å²) in [5, 5.41) is 7.40. The first-order valence-corrected chi connectivity index (χ1v) is 9.31. The van der Waals surface area contributed by atoms with Crippen molar-refractivity contribution < 1.29 is 14.3 Å². The van der Waals surface area contributed by atoms with Crippen LogP contribution in [0, 0.1) is 0 Å². The van der Waals surface area contributed by atoms with Crippen LogP contribution < -0.4 is 14.8 Å². The molecule has 0 aliphatic carbocycles. The minimum atomic E-state index is -0.293. The van der Waals surface area contributed by atoms with Gasteiger partial charge < -0.3 is 19.7 Å². The van der Waals surface area contributed by atoms with E-state index in [2.05, 4.69) is 10.4 Å². The fraction of sp³-hybridized carbons (Fsp3) is 0.273. The van der Waals surface area contributed by atoms with Gasteiger partial charge in [-0.1, -0.05) is 36.4 Å². The van der Waals surface area contributed by atoms with E-state index in [4.69, 9.17) is 9.47 Å². The molecule has 0 saturated heterocycles. The Bertz CT molecular complexity index is 954. The third-order valence-corrected chi connectivity index (χ3v) is 4.71. The second-order valence-corrected chi connectivity index (χ2v) is 6.76. The van der Waals surface area contributed by atoms with Gasteiger partial charge in [0.1, 0.15) is 5.75 Å². The number of hydrogen-bond acceptors (Lipinski definition) is 5. The van der Waals surface area contributed by atoms with Crippen molar-refractivity contribution in [2.75, 3.05) is 34.9 Å². The van der Waals surface area contributed by atoms with Crippen LogP contribution in [0.3, 0.4) is 0 Å². The number of benzene rings is 2. The minimum Gasteiger partial charge on any atom is -0.496 e. The molecule has 3 rings (SSSR count). The molecule has 1 N–H and O–H groups in total. The lowest BCUT2D eigenvalue weighted by Gasteiger charge is -2.26. The molecule has 0 spiro atoms. The van der Waals surface area contributed by atoms with Gasteiger partial charge in [-0.3, -0.25) is 4.79 Å². The molecule has 2 aromatic carbocycles. The van der Waals surface area contributed by atoms with Gasteiger partial charge in [0.15, 0.2) is 11.4 Å². The second kappa shape index (κ2) is 9.25. The van der Waals surface area contributed by atoms with Gasteiger partial charge in [0.2, 0.25) is 0 Å². The number of nitrogens with zero attached hydrogens (tertiary/aromatic N) is 3. The SMILES string of the molecule is COc1ccccc1C(CNC(=O)c1nn(-c2ccccc2)cc1OC)N(C)C. The highest BCUT2D eigenvalue weighted by molar-refractivity contribution is 5.95. The number of carbonyl (C=O) groups is 1. The zero-order valence-electron chi connectivity index (χ0n) is 17.1. The predicted molar refractivity (Wildman–Crippen MR) is 112 cm³/mol. The minimum absolute atomic E-state index is 0.0581. The van der Waals surface area contributed by atoms with Crippen LogP contribution in [0.1, 0.15) is 22.1 Å². The van der Waals surface area contributed by atoms with E-state index in [1.807, 2.05) is 73.6 Å². The highest BCUT2D eigenvalue weighted by Gasteiger charge is 2.22. The summed E-state index contributed by atoms with van der Waals surface area (Å²) >= 11 is 0. The number of rotatable bonds is 8. The molecule has 7 heteroatoms. The Balaban J connectivity index is 1.80. The number of nitrogens with one attached hydrogen (secondary N) is 1. The van der Waals surface area contributed by atoms with Crippen molar-refractivity contribution in [1.82, 2.24) is 20.0 Å². The summed E-state index contributed by atoms with van der Waals surface area (Å²) in [5.74, 6) is 0.912. The maximum Gasteiger partial charge on any atom is 0.275 e. The summed E-state index contributed by atoms with van der Waals surface area (Å²) in [6, 6.07) is 17.3. The fourth-order valence-corrected chi connectivity index (χ4v) is 3.16. The van der Waals surface area contributed by atoms with Crippen LogP contribution in [0.2, 0.25) is 0 Å². The molecule has 3 aromatic rings. The molecule has 0 bridgehead atoms. The molecular formula is C22H26N4O3. The topological polar surface area (TPSA) is 68.6 Å². The van der Waals surface area contributed by atoms with Gasteiger partial charge >= 0.3 is 0 Å². The van der Waals surface area contributed by atoms with Crippen molar-refractivity contribution in [3.8, 4) is 17.2 Å². The fourth-order valence-electron chi connectivity index (χ4n) is 3.16. The maximum absolute atomic E-state index is 12.9. The van der Waals surface area contributed by atoms with Crippen LogP contribution in [-0.2, 0) is 0 Å².